The van der Waals surface area contributed by atoms with Crippen LogP contribution in [0.15, 0.2) is 58.5 Å². The van der Waals surface area contributed by atoms with Gasteiger partial charge in [-0.3, -0.25) is 9.80 Å². The van der Waals surface area contributed by atoms with E-state index in [1.54, 1.807) is 14.2 Å². The van der Waals surface area contributed by atoms with Gasteiger partial charge in [0.15, 0.2) is 11.7 Å². The van der Waals surface area contributed by atoms with Gasteiger partial charge in [0, 0.05) is 25.6 Å². The summed E-state index contributed by atoms with van der Waals surface area (Å²) in [4.78, 5) is 13.5. The number of ether oxygens (including phenoxy) is 2. The second kappa shape index (κ2) is 6.55. The summed E-state index contributed by atoms with van der Waals surface area (Å²) in [6.45, 7) is 4.13. The van der Waals surface area contributed by atoms with Crippen LogP contribution in [0.1, 0.15) is 11.1 Å². The number of methoxy groups -OCH3 is 2. The van der Waals surface area contributed by atoms with Gasteiger partial charge in [-0.2, -0.15) is 0 Å². The van der Waals surface area contributed by atoms with E-state index in [9.17, 15) is 0 Å². The van der Waals surface area contributed by atoms with E-state index in [1.165, 1.54) is 11.1 Å². The molecule has 0 amide bonds. The molecule has 2 aromatic rings. The van der Waals surface area contributed by atoms with Crippen molar-refractivity contribution in [1.82, 2.24) is 0 Å². The lowest BCUT2D eigenvalue weighted by Crippen LogP contribution is -2.39. The maximum atomic E-state index is 5.61. The van der Waals surface area contributed by atoms with Crippen LogP contribution >= 0.6 is 0 Å². The van der Waals surface area contributed by atoms with Crippen molar-refractivity contribution < 1.29 is 9.47 Å². The summed E-state index contributed by atoms with van der Waals surface area (Å²) in [6.07, 6.45) is -0.894. The molecule has 6 heteroatoms. The van der Waals surface area contributed by atoms with Gasteiger partial charge >= 0.3 is 0 Å². The summed E-state index contributed by atoms with van der Waals surface area (Å²) in [7, 11) is 3.31. The third kappa shape index (κ3) is 2.67. The summed E-state index contributed by atoms with van der Waals surface area (Å²) in [5, 5.41) is 0. The first kappa shape index (κ1) is 16.8. The molecule has 2 heterocycles. The third-order valence-corrected chi connectivity index (χ3v) is 4.61. The molecule has 134 valence electrons. The van der Waals surface area contributed by atoms with Crippen molar-refractivity contribution in [2.24, 2.45) is 9.98 Å². The van der Waals surface area contributed by atoms with Crippen LogP contribution in [0.4, 0.5) is 11.4 Å². The van der Waals surface area contributed by atoms with Crippen LogP contribution in [0.2, 0.25) is 0 Å². The van der Waals surface area contributed by atoms with Crippen molar-refractivity contribution in [3.05, 3.63) is 59.7 Å². The molecule has 0 fully saturated rings. The van der Waals surface area contributed by atoms with E-state index in [2.05, 4.69) is 62.4 Å². The highest BCUT2D eigenvalue weighted by atomic mass is 16.5. The monoisotopic (exact) mass is 350 g/mol. The molecule has 0 saturated carbocycles. The summed E-state index contributed by atoms with van der Waals surface area (Å²) < 4.78 is 11.2. The predicted octanol–water partition coefficient (Wildman–Crippen LogP) is 3.30. The second-order valence-corrected chi connectivity index (χ2v) is 6.44. The first-order valence-electron chi connectivity index (χ1n) is 8.56. The van der Waals surface area contributed by atoms with Crippen molar-refractivity contribution in [3.8, 4) is 0 Å². The van der Waals surface area contributed by atoms with Crippen LogP contribution in [0.5, 0.6) is 0 Å². The fraction of sp³-hybridized carbons (Fsp3) is 0.300. The normalized spacial score (nSPS) is 21.7. The maximum absolute atomic E-state index is 5.61. The molecule has 6 nitrogen and oxygen atoms in total. The molecule has 0 N–H and O–H groups in total. The summed E-state index contributed by atoms with van der Waals surface area (Å²) in [6, 6.07) is 16.5. The second-order valence-electron chi connectivity index (χ2n) is 6.44. The molecule has 26 heavy (non-hydrogen) atoms. The number of fused-ring (bicyclic) bond motifs is 1. The Bertz CT molecular complexity index is 785. The fourth-order valence-corrected chi connectivity index (χ4v) is 3.22. The number of hydrogen-bond acceptors (Lipinski definition) is 6. The number of rotatable bonds is 4. The molecule has 2 aliphatic rings. The quantitative estimate of drug-likeness (QED) is 0.849. The molecule has 2 atom stereocenters. The van der Waals surface area contributed by atoms with Crippen molar-refractivity contribution in [3.63, 3.8) is 0 Å². The first-order chi connectivity index (χ1) is 12.6. The topological polar surface area (TPSA) is 49.7 Å². The molecule has 2 unspecified atom stereocenters. The highest BCUT2D eigenvalue weighted by Gasteiger charge is 2.44. The summed E-state index contributed by atoms with van der Waals surface area (Å²) in [5.74, 6) is 1.52. The minimum absolute atomic E-state index is 0.447. The van der Waals surface area contributed by atoms with E-state index < -0.39 is 12.7 Å². The maximum Gasteiger partial charge on any atom is 0.235 e. The number of aryl methyl sites for hydroxylation is 2. The molecule has 0 bridgehead atoms. The Morgan fingerprint density at radius 3 is 1.31 bits per heavy atom. The van der Waals surface area contributed by atoms with Gasteiger partial charge in [0.2, 0.25) is 12.7 Å². The Hall–Kier alpha value is -2.70. The van der Waals surface area contributed by atoms with Crippen LogP contribution in [0.25, 0.3) is 0 Å². The largest absolute Gasteiger partial charge is 0.342 e. The SMILES string of the molecule is COC1N=C2C(=NC(OC)N2c2ccc(C)cc2)N1c1ccc(C)cc1. The third-order valence-electron chi connectivity index (χ3n) is 4.61. The average Bonchev–Trinajstić information content (AvgIpc) is 3.18. The summed E-state index contributed by atoms with van der Waals surface area (Å²) in [5.41, 5.74) is 4.38. The lowest BCUT2D eigenvalue weighted by molar-refractivity contribution is 0.112. The molecule has 0 spiro atoms. The van der Waals surface area contributed by atoms with Crippen molar-refractivity contribution in [2.45, 2.75) is 26.6 Å². The number of benzene rings is 2. The Morgan fingerprint density at radius 2 is 1.00 bits per heavy atom. The zero-order valence-corrected chi connectivity index (χ0v) is 15.4. The Morgan fingerprint density at radius 1 is 0.654 bits per heavy atom. The minimum atomic E-state index is -0.447. The van der Waals surface area contributed by atoms with Crippen LogP contribution in [-0.2, 0) is 9.47 Å². The molecular weight excluding hydrogens is 328 g/mol. The molecule has 2 aromatic carbocycles. The van der Waals surface area contributed by atoms with Crippen molar-refractivity contribution in [2.75, 3.05) is 24.0 Å². The zero-order chi connectivity index (χ0) is 18.3. The molecule has 0 aliphatic carbocycles. The molecule has 4 rings (SSSR count). The fourth-order valence-electron chi connectivity index (χ4n) is 3.22. The first-order valence-corrected chi connectivity index (χ1v) is 8.56. The van der Waals surface area contributed by atoms with Gasteiger partial charge in [0.1, 0.15) is 0 Å². The van der Waals surface area contributed by atoms with Gasteiger partial charge in [0.25, 0.3) is 0 Å². The van der Waals surface area contributed by atoms with Gasteiger partial charge in [-0.1, -0.05) is 35.4 Å². The van der Waals surface area contributed by atoms with Gasteiger partial charge in [-0.05, 0) is 38.1 Å². The predicted molar refractivity (Wildman–Crippen MR) is 104 cm³/mol. The van der Waals surface area contributed by atoms with Gasteiger partial charge in [-0.15, -0.1) is 0 Å². The lowest BCUT2D eigenvalue weighted by Gasteiger charge is -2.24. The van der Waals surface area contributed by atoms with Gasteiger partial charge < -0.3 is 9.47 Å². The van der Waals surface area contributed by atoms with E-state index in [1.807, 2.05) is 9.80 Å². The number of hydrogen-bond donors (Lipinski definition) is 0. The molecular formula is C20H22N4O2. The average molecular weight is 350 g/mol. The van der Waals surface area contributed by atoms with E-state index in [0.29, 0.717) is 0 Å². The Balaban J connectivity index is 1.75. The molecule has 0 saturated heterocycles. The minimum Gasteiger partial charge on any atom is -0.342 e. The van der Waals surface area contributed by atoms with Crippen LogP contribution in [0.3, 0.4) is 0 Å². The van der Waals surface area contributed by atoms with Crippen molar-refractivity contribution in [1.29, 1.82) is 0 Å². The van der Waals surface area contributed by atoms with Crippen LogP contribution in [0, 0.1) is 13.8 Å². The molecule has 0 aromatic heterocycles. The number of aliphatic imine (C=N–C) groups is 2. The van der Waals surface area contributed by atoms with Crippen molar-refractivity contribution >= 4 is 23.0 Å². The van der Waals surface area contributed by atoms with E-state index in [4.69, 9.17) is 19.5 Å². The highest BCUT2D eigenvalue weighted by Crippen LogP contribution is 2.33. The number of nitrogens with zero attached hydrogens (tertiary/aromatic N) is 4. The lowest BCUT2D eigenvalue weighted by atomic mass is 10.2. The van der Waals surface area contributed by atoms with E-state index in [-0.39, 0.29) is 0 Å². The Labute approximate surface area is 153 Å². The molecule has 0 radical (unpaired) electrons. The zero-order valence-electron chi connectivity index (χ0n) is 15.4. The molecule has 2 aliphatic heterocycles. The van der Waals surface area contributed by atoms with Crippen LogP contribution < -0.4 is 9.80 Å². The smallest absolute Gasteiger partial charge is 0.235 e. The summed E-state index contributed by atoms with van der Waals surface area (Å²) >= 11 is 0. The highest BCUT2D eigenvalue weighted by molar-refractivity contribution is 6.52. The van der Waals surface area contributed by atoms with E-state index >= 15 is 0 Å². The number of anilines is 2. The van der Waals surface area contributed by atoms with E-state index in [0.717, 1.165) is 23.0 Å². The number of amidine groups is 2. The van der Waals surface area contributed by atoms with Gasteiger partial charge in [-0.25, -0.2) is 9.98 Å². The Kier molecular flexibility index (Phi) is 4.22. The van der Waals surface area contributed by atoms with Gasteiger partial charge in [0.05, 0.1) is 0 Å². The van der Waals surface area contributed by atoms with Crippen LogP contribution in [-0.4, -0.2) is 38.6 Å². The standard InChI is InChI=1S/C20H22N4O2/c1-13-5-9-15(10-6-13)23-17-18(22-19(23)25-3)24(20(21-17)26-4)16-11-7-14(2)8-12-16/h5-12,19-20H,1-4H3.